The molecule has 0 aromatic rings. The zero-order valence-corrected chi connectivity index (χ0v) is 12.7. The van der Waals surface area contributed by atoms with Crippen LogP contribution in [0.2, 0.25) is 19.1 Å². The third kappa shape index (κ3) is 3.79. The Kier molecular flexibility index (Phi) is 5.60. The first-order valence-corrected chi connectivity index (χ1v) is 9.69. The Labute approximate surface area is 123 Å². The molecule has 0 saturated heterocycles. The van der Waals surface area contributed by atoms with E-state index in [1.165, 1.54) is 13.1 Å². The summed E-state index contributed by atoms with van der Waals surface area (Å²) in [6.45, 7) is 2.34. The highest BCUT2D eigenvalue weighted by Crippen LogP contribution is 2.58. The quantitative estimate of drug-likeness (QED) is 0.300. The molecule has 22 heavy (non-hydrogen) atoms. The van der Waals surface area contributed by atoms with E-state index in [4.69, 9.17) is 11.1 Å². The summed E-state index contributed by atoms with van der Waals surface area (Å²) in [5, 5.41) is 0. The molecule has 0 aromatic carbocycles. The molecule has 0 heterocycles. The van der Waals surface area contributed by atoms with Crippen LogP contribution >= 0.6 is 11.1 Å². The molecular weight excluding hydrogens is 381 g/mol. The first kappa shape index (κ1) is 21.7. The van der Waals surface area contributed by atoms with E-state index in [1.54, 1.807) is 0 Å². The molecule has 0 atom stereocenters. The molecule has 0 bridgehead atoms. The van der Waals surface area contributed by atoms with Gasteiger partial charge in [0.25, 0.3) is 0 Å². The van der Waals surface area contributed by atoms with E-state index in [2.05, 4.69) is 0 Å². The maximum absolute atomic E-state index is 13.2. The predicted octanol–water partition coefficient (Wildman–Crippen LogP) is 5.92. The van der Waals surface area contributed by atoms with Gasteiger partial charge in [-0.05, 0) is 6.04 Å². The van der Waals surface area contributed by atoms with Crippen molar-refractivity contribution in [2.75, 3.05) is 0 Å². The summed E-state index contributed by atoms with van der Waals surface area (Å²) in [5.41, 5.74) is 0. The van der Waals surface area contributed by atoms with Gasteiger partial charge in [-0.25, -0.2) is 0 Å². The van der Waals surface area contributed by atoms with E-state index in [9.17, 15) is 48.3 Å². The Bertz CT molecular complexity index is 395. The van der Waals surface area contributed by atoms with Crippen molar-refractivity contribution in [3.8, 4) is 0 Å². The number of halogens is 12. The molecular formula is C9H10ClF11Si. The van der Waals surface area contributed by atoms with Crippen molar-refractivity contribution in [3.05, 3.63) is 0 Å². The van der Waals surface area contributed by atoms with Gasteiger partial charge in [0.05, 0.1) is 0 Å². The molecule has 134 valence electrons. The Balaban J connectivity index is 5.69. The number of hydrogen-bond donors (Lipinski definition) is 0. The molecule has 0 N–H and O–H groups in total. The molecule has 0 nitrogen and oxygen atoms in total. The van der Waals surface area contributed by atoms with Crippen molar-refractivity contribution in [2.45, 2.75) is 55.4 Å². The molecule has 0 rings (SSSR count). The summed E-state index contributed by atoms with van der Waals surface area (Å²) >= 11 is 5.51. The predicted molar refractivity (Wildman–Crippen MR) is 58.6 cm³/mol. The Morgan fingerprint density at radius 1 is 0.682 bits per heavy atom. The van der Waals surface area contributed by atoms with Crippen LogP contribution < -0.4 is 0 Å². The molecule has 0 amide bonds. The lowest BCUT2D eigenvalue weighted by molar-refractivity contribution is -0.422. The van der Waals surface area contributed by atoms with Crippen molar-refractivity contribution in [3.63, 3.8) is 0 Å². The summed E-state index contributed by atoms with van der Waals surface area (Å²) in [4.78, 5) is 0. The van der Waals surface area contributed by atoms with Gasteiger partial charge < -0.3 is 0 Å². The van der Waals surface area contributed by atoms with Crippen molar-refractivity contribution < 1.29 is 48.3 Å². The zero-order valence-electron chi connectivity index (χ0n) is 10.9. The van der Waals surface area contributed by atoms with Crippen molar-refractivity contribution >= 4 is 18.5 Å². The normalized spacial score (nSPS) is 16.1. The van der Waals surface area contributed by atoms with E-state index in [0.717, 1.165) is 0 Å². The summed E-state index contributed by atoms with van der Waals surface area (Å²) in [7, 11) is -2.98. The average Bonchev–Trinajstić information content (AvgIpc) is 2.23. The van der Waals surface area contributed by atoms with E-state index in [-0.39, 0.29) is 0 Å². The van der Waals surface area contributed by atoms with Crippen LogP contribution in [0.1, 0.15) is 6.42 Å². The Morgan fingerprint density at radius 3 is 1.32 bits per heavy atom. The van der Waals surface area contributed by atoms with Gasteiger partial charge in [-0.15, -0.1) is 0 Å². The molecule has 0 aromatic heterocycles. The lowest BCUT2D eigenvalue weighted by Crippen LogP contribution is -2.66. The maximum Gasteiger partial charge on any atom is 0.460 e. The fourth-order valence-electron chi connectivity index (χ4n) is 1.22. The number of rotatable bonds is 6. The van der Waals surface area contributed by atoms with Gasteiger partial charge >= 0.3 is 29.9 Å². The smallest absolute Gasteiger partial charge is 0.200 e. The second-order valence-corrected chi connectivity index (χ2v) is 12.2. The minimum atomic E-state index is -7.33. The van der Waals surface area contributed by atoms with Crippen LogP contribution in [0.4, 0.5) is 48.3 Å². The summed E-state index contributed by atoms with van der Waals surface area (Å²) in [6.07, 6.45) is -9.18. The van der Waals surface area contributed by atoms with Crippen LogP contribution in [0, 0.1) is 0 Å². The molecule has 0 unspecified atom stereocenters. The fraction of sp³-hybridized carbons (Fsp3) is 1.00. The lowest BCUT2D eigenvalue weighted by Gasteiger charge is -2.37. The highest BCUT2D eigenvalue weighted by Gasteiger charge is 2.86. The van der Waals surface area contributed by atoms with Gasteiger partial charge in [0.2, 0.25) is 0 Å². The van der Waals surface area contributed by atoms with Crippen LogP contribution in [0.3, 0.4) is 0 Å². The first-order chi connectivity index (χ1) is 9.21. The van der Waals surface area contributed by atoms with Crippen molar-refractivity contribution in [1.82, 2.24) is 0 Å². The summed E-state index contributed by atoms with van der Waals surface area (Å²) < 4.78 is 139. The van der Waals surface area contributed by atoms with Gasteiger partial charge in [0.15, 0.2) is 7.38 Å². The highest BCUT2D eigenvalue weighted by molar-refractivity contribution is 7.19. The van der Waals surface area contributed by atoms with E-state index < -0.39 is 49.7 Å². The second kappa shape index (κ2) is 5.67. The summed E-state index contributed by atoms with van der Waals surface area (Å²) in [6, 6.07) is -0.898. The topological polar surface area (TPSA) is 0 Å². The highest BCUT2D eigenvalue weighted by atomic mass is 35.6. The molecule has 0 aliphatic heterocycles. The van der Waals surface area contributed by atoms with Crippen LogP contribution in [0.15, 0.2) is 0 Å². The van der Waals surface area contributed by atoms with Crippen LogP contribution in [0.25, 0.3) is 0 Å². The molecule has 0 radical (unpaired) electrons. The maximum atomic E-state index is 13.2. The second-order valence-electron chi connectivity index (χ2n) is 5.14. The van der Waals surface area contributed by atoms with Gasteiger partial charge in [-0.2, -0.15) is 59.4 Å². The summed E-state index contributed by atoms with van der Waals surface area (Å²) in [5.74, 6) is -27.4. The molecule has 0 saturated carbocycles. The number of hydrogen-bond acceptors (Lipinski definition) is 0. The molecule has 0 fully saturated rings. The van der Waals surface area contributed by atoms with Gasteiger partial charge in [-0.1, -0.05) is 13.1 Å². The van der Waals surface area contributed by atoms with Gasteiger partial charge in [-0.3, -0.25) is 0 Å². The van der Waals surface area contributed by atoms with Crippen LogP contribution in [0.5, 0.6) is 0 Å². The third-order valence-electron chi connectivity index (χ3n) is 2.64. The Morgan fingerprint density at radius 2 is 1.05 bits per heavy atom. The SMILES string of the molecule is C[Si](C)(Cl)CCC(F)(F)C(F)(F)C(F)(F)C(F)(F)C(F)(F)F. The van der Waals surface area contributed by atoms with E-state index in [1.807, 2.05) is 0 Å². The van der Waals surface area contributed by atoms with Crippen LogP contribution in [-0.2, 0) is 0 Å². The third-order valence-corrected chi connectivity index (χ3v) is 4.64. The standard InChI is InChI=1S/C9H10ClF11Si/c1-22(2,10)4-3-5(11,12)6(13,14)7(15,16)8(17,18)9(19,20)21/h3-4H2,1-2H3. The molecule has 0 aliphatic carbocycles. The molecule has 13 heteroatoms. The van der Waals surface area contributed by atoms with Gasteiger partial charge in [0.1, 0.15) is 0 Å². The van der Waals surface area contributed by atoms with Crippen LogP contribution in [-0.4, -0.2) is 37.3 Å². The zero-order chi connectivity index (χ0) is 18.4. The minimum absolute atomic E-state index is 0.898. The molecule has 0 aliphatic rings. The minimum Gasteiger partial charge on any atom is -0.200 e. The fourth-order valence-corrected chi connectivity index (χ4v) is 2.41. The first-order valence-electron chi connectivity index (χ1n) is 5.47. The van der Waals surface area contributed by atoms with E-state index >= 15 is 0 Å². The lowest BCUT2D eigenvalue weighted by atomic mass is 9.96. The number of alkyl halides is 11. The van der Waals surface area contributed by atoms with Crippen molar-refractivity contribution in [2.24, 2.45) is 0 Å². The van der Waals surface area contributed by atoms with E-state index in [0.29, 0.717) is 0 Å². The molecule has 0 spiro atoms. The van der Waals surface area contributed by atoms with Gasteiger partial charge in [0, 0.05) is 6.42 Å². The van der Waals surface area contributed by atoms with Crippen molar-refractivity contribution in [1.29, 1.82) is 0 Å². The Hall–Kier alpha value is -0.263. The monoisotopic (exact) mass is 390 g/mol. The average molecular weight is 391 g/mol. The largest absolute Gasteiger partial charge is 0.460 e.